The molecule has 0 aliphatic rings. The maximum Gasteiger partial charge on any atom is 0.224 e. The van der Waals surface area contributed by atoms with Crippen LogP contribution in [-0.2, 0) is 23.7 Å². The Balaban J connectivity index is 1.97. The Morgan fingerprint density at radius 3 is 2.42 bits per heavy atom. The molecular weight excluding hydrogens is 298 g/mol. The third-order valence-electron chi connectivity index (χ3n) is 4.78. The van der Waals surface area contributed by atoms with Crippen molar-refractivity contribution in [1.82, 2.24) is 15.1 Å². The van der Waals surface area contributed by atoms with Gasteiger partial charge < -0.3 is 5.32 Å². The molecule has 2 rings (SSSR count). The van der Waals surface area contributed by atoms with Crippen LogP contribution in [0.5, 0.6) is 0 Å². The summed E-state index contributed by atoms with van der Waals surface area (Å²) in [5, 5.41) is 7.52. The topological polar surface area (TPSA) is 46.9 Å². The zero-order valence-electron chi connectivity index (χ0n) is 15.7. The van der Waals surface area contributed by atoms with E-state index < -0.39 is 0 Å². The van der Waals surface area contributed by atoms with Gasteiger partial charge in [0.2, 0.25) is 5.91 Å². The normalized spacial score (nSPS) is 12.9. The van der Waals surface area contributed by atoms with Crippen molar-refractivity contribution in [2.75, 3.05) is 0 Å². The van der Waals surface area contributed by atoms with Gasteiger partial charge >= 0.3 is 0 Å². The molecule has 1 atom stereocenters. The largest absolute Gasteiger partial charge is 0.353 e. The molecule has 0 aliphatic heterocycles. The molecule has 1 heterocycles. The summed E-state index contributed by atoms with van der Waals surface area (Å²) in [5.41, 5.74) is 4.34. The minimum atomic E-state index is 0.0219. The highest BCUT2D eigenvalue weighted by Gasteiger charge is 2.24. The van der Waals surface area contributed by atoms with E-state index in [4.69, 9.17) is 0 Å². The number of aromatic nitrogens is 2. The lowest BCUT2D eigenvalue weighted by atomic mass is 9.79. The van der Waals surface area contributed by atoms with Gasteiger partial charge in [-0.1, -0.05) is 44.2 Å². The van der Waals surface area contributed by atoms with Crippen LogP contribution >= 0.6 is 0 Å². The Morgan fingerprint density at radius 2 is 1.88 bits per heavy atom. The van der Waals surface area contributed by atoms with E-state index in [0.717, 1.165) is 23.4 Å². The molecule has 4 heteroatoms. The smallest absolute Gasteiger partial charge is 0.224 e. The van der Waals surface area contributed by atoms with Crippen LogP contribution in [0, 0.1) is 13.8 Å². The highest BCUT2D eigenvalue weighted by atomic mass is 16.1. The first-order valence-corrected chi connectivity index (χ1v) is 8.54. The van der Waals surface area contributed by atoms with Crippen molar-refractivity contribution in [3.8, 4) is 0 Å². The van der Waals surface area contributed by atoms with E-state index in [1.54, 1.807) is 0 Å². The van der Waals surface area contributed by atoms with Gasteiger partial charge in [0.15, 0.2) is 0 Å². The zero-order valence-corrected chi connectivity index (χ0v) is 15.7. The summed E-state index contributed by atoms with van der Waals surface area (Å²) in [7, 11) is 1.91. The molecule has 0 fully saturated rings. The Labute approximate surface area is 145 Å². The van der Waals surface area contributed by atoms with Gasteiger partial charge in [0.25, 0.3) is 0 Å². The fraction of sp³-hybridized carbons (Fsp3) is 0.500. The van der Waals surface area contributed by atoms with Crippen molar-refractivity contribution >= 4 is 5.91 Å². The van der Waals surface area contributed by atoms with Crippen LogP contribution in [0.2, 0.25) is 0 Å². The van der Waals surface area contributed by atoms with Crippen LogP contribution in [0.1, 0.15) is 49.7 Å². The molecule has 0 saturated carbocycles. The number of aryl methyl sites for hydroxylation is 2. The number of rotatable bonds is 6. The molecule has 24 heavy (non-hydrogen) atoms. The van der Waals surface area contributed by atoms with Crippen molar-refractivity contribution in [3.05, 3.63) is 52.8 Å². The lowest BCUT2D eigenvalue weighted by Crippen LogP contribution is -2.38. The predicted molar refractivity (Wildman–Crippen MR) is 98.1 cm³/mol. The summed E-state index contributed by atoms with van der Waals surface area (Å²) in [5.74, 6) is 0.0607. The number of hydrogen-bond acceptors (Lipinski definition) is 2. The SMILES string of the molecule is Cc1nn(C)c(C)c1CC(=O)N[C@@H](C)CC(C)(C)c1ccccc1. The van der Waals surface area contributed by atoms with Crippen LogP contribution < -0.4 is 5.32 Å². The van der Waals surface area contributed by atoms with E-state index in [-0.39, 0.29) is 17.4 Å². The Kier molecular flexibility index (Phi) is 5.47. The first-order chi connectivity index (χ1) is 11.2. The standard InChI is InChI=1S/C20H29N3O/c1-14(13-20(4,5)17-10-8-7-9-11-17)21-19(24)12-18-15(2)22-23(6)16(18)3/h7-11,14H,12-13H2,1-6H3,(H,21,24)/t14-/m0/s1. The number of nitrogens with zero attached hydrogens (tertiary/aromatic N) is 2. The first kappa shape index (κ1) is 18.2. The van der Waals surface area contributed by atoms with Crippen molar-refractivity contribution < 1.29 is 4.79 Å². The number of benzene rings is 1. The third-order valence-corrected chi connectivity index (χ3v) is 4.78. The fourth-order valence-corrected chi connectivity index (χ4v) is 3.38. The number of carbonyl (C=O) groups is 1. The molecule has 0 unspecified atom stereocenters. The Morgan fingerprint density at radius 1 is 1.25 bits per heavy atom. The number of amides is 1. The van der Waals surface area contributed by atoms with Crippen LogP contribution in [0.4, 0.5) is 0 Å². The maximum absolute atomic E-state index is 12.4. The summed E-state index contributed by atoms with van der Waals surface area (Å²) in [6, 6.07) is 10.6. The minimum Gasteiger partial charge on any atom is -0.353 e. The van der Waals surface area contributed by atoms with Gasteiger partial charge in [-0.15, -0.1) is 0 Å². The average Bonchev–Trinajstić information content (AvgIpc) is 2.74. The van der Waals surface area contributed by atoms with Crippen LogP contribution in [-0.4, -0.2) is 21.7 Å². The molecule has 0 aliphatic carbocycles. The third kappa shape index (κ3) is 4.25. The molecule has 0 saturated heterocycles. The van der Waals surface area contributed by atoms with E-state index in [1.165, 1.54) is 5.56 Å². The number of carbonyl (C=O) groups excluding carboxylic acids is 1. The lowest BCUT2D eigenvalue weighted by molar-refractivity contribution is -0.121. The van der Waals surface area contributed by atoms with Gasteiger partial charge in [-0.25, -0.2) is 0 Å². The molecule has 1 amide bonds. The highest BCUT2D eigenvalue weighted by Crippen LogP contribution is 2.28. The van der Waals surface area contributed by atoms with Crippen molar-refractivity contribution in [1.29, 1.82) is 0 Å². The highest BCUT2D eigenvalue weighted by molar-refractivity contribution is 5.79. The van der Waals surface area contributed by atoms with E-state index in [2.05, 4.69) is 55.5 Å². The monoisotopic (exact) mass is 327 g/mol. The molecule has 1 N–H and O–H groups in total. The second-order valence-electron chi connectivity index (χ2n) is 7.37. The van der Waals surface area contributed by atoms with Gasteiger partial charge in [-0.05, 0) is 38.2 Å². The molecule has 0 spiro atoms. The first-order valence-electron chi connectivity index (χ1n) is 8.54. The molecule has 1 aromatic heterocycles. The molecule has 1 aromatic carbocycles. The quantitative estimate of drug-likeness (QED) is 0.883. The summed E-state index contributed by atoms with van der Waals surface area (Å²) in [4.78, 5) is 12.4. The van der Waals surface area contributed by atoms with Crippen molar-refractivity contribution in [2.24, 2.45) is 7.05 Å². The molecule has 4 nitrogen and oxygen atoms in total. The van der Waals surface area contributed by atoms with Crippen molar-refractivity contribution in [2.45, 2.75) is 58.9 Å². The predicted octanol–water partition coefficient (Wildman–Crippen LogP) is 3.45. The molecule has 130 valence electrons. The number of hydrogen-bond donors (Lipinski definition) is 1. The maximum atomic E-state index is 12.4. The fourth-order valence-electron chi connectivity index (χ4n) is 3.38. The van der Waals surface area contributed by atoms with Crippen LogP contribution in [0.15, 0.2) is 30.3 Å². The molecule has 0 bridgehead atoms. The molecule has 2 aromatic rings. The van der Waals surface area contributed by atoms with Crippen LogP contribution in [0.3, 0.4) is 0 Å². The van der Waals surface area contributed by atoms with Crippen molar-refractivity contribution in [3.63, 3.8) is 0 Å². The van der Waals surface area contributed by atoms with Gasteiger partial charge in [0, 0.05) is 24.3 Å². The second kappa shape index (κ2) is 7.20. The summed E-state index contributed by atoms with van der Waals surface area (Å²) in [6.07, 6.45) is 1.29. The van der Waals surface area contributed by atoms with E-state index >= 15 is 0 Å². The molecule has 0 radical (unpaired) electrons. The number of nitrogens with one attached hydrogen (secondary N) is 1. The van der Waals surface area contributed by atoms with Gasteiger partial charge in [0.05, 0.1) is 12.1 Å². The van der Waals surface area contributed by atoms with E-state index in [9.17, 15) is 4.79 Å². The van der Waals surface area contributed by atoms with E-state index in [1.807, 2.05) is 31.6 Å². The summed E-state index contributed by atoms with van der Waals surface area (Å²) >= 11 is 0. The summed E-state index contributed by atoms with van der Waals surface area (Å²) < 4.78 is 1.83. The van der Waals surface area contributed by atoms with E-state index in [0.29, 0.717) is 6.42 Å². The Bertz CT molecular complexity index is 701. The van der Waals surface area contributed by atoms with Gasteiger partial charge in [-0.3, -0.25) is 9.48 Å². The Hall–Kier alpha value is -2.10. The lowest BCUT2D eigenvalue weighted by Gasteiger charge is -2.29. The molecular formula is C20H29N3O. The average molecular weight is 327 g/mol. The minimum absolute atomic E-state index is 0.0219. The van der Waals surface area contributed by atoms with Crippen LogP contribution in [0.25, 0.3) is 0 Å². The zero-order chi connectivity index (χ0) is 17.9. The van der Waals surface area contributed by atoms with Gasteiger partial charge in [0.1, 0.15) is 0 Å². The van der Waals surface area contributed by atoms with Gasteiger partial charge in [-0.2, -0.15) is 5.10 Å². The second-order valence-corrected chi connectivity index (χ2v) is 7.37. The summed E-state index contributed by atoms with van der Waals surface area (Å²) in [6.45, 7) is 10.5.